The molecule has 17 heavy (non-hydrogen) atoms. The molecule has 90 valence electrons. The zero-order valence-electron chi connectivity index (χ0n) is 9.05. The number of pyridine rings is 1. The van der Waals surface area contributed by atoms with Crippen molar-refractivity contribution in [3.8, 4) is 0 Å². The Hall–Kier alpha value is -2.11. The maximum absolute atomic E-state index is 11.9. The summed E-state index contributed by atoms with van der Waals surface area (Å²) in [6.07, 6.45) is 1.87. The molecule has 1 unspecified atom stereocenters. The third kappa shape index (κ3) is 2.35. The van der Waals surface area contributed by atoms with Gasteiger partial charge in [-0.1, -0.05) is 0 Å². The van der Waals surface area contributed by atoms with Crippen molar-refractivity contribution in [3.63, 3.8) is 0 Å². The molecule has 0 aliphatic carbocycles. The summed E-state index contributed by atoms with van der Waals surface area (Å²) in [5.74, 6) is -1.67. The van der Waals surface area contributed by atoms with E-state index in [0.29, 0.717) is 18.5 Å². The average molecular weight is 236 g/mol. The van der Waals surface area contributed by atoms with Gasteiger partial charge in [-0.15, -0.1) is 0 Å². The van der Waals surface area contributed by atoms with Gasteiger partial charge in [-0.25, -0.2) is 0 Å². The Kier molecular flexibility index (Phi) is 2.95. The third-order valence-corrected chi connectivity index (χ3v) is 2.85. The largest absolute Gasteiger partial charge is 0.481 e. The predicted octanol–water partition coefficient (Wildman–Crippen LogP) is -0.0784. The monoisotopic (exact) mass is 236 g/mol. The number of aromatic amines is 1. The van der Waals surface area contributed by atoms with Crippen molar-refractivity contribution in [1.82, 2.24) is 9.88 Å². The summed E-state index contributed by atoms with van der Waals surface area (Å²) in [5.41, 5.74) is -0.0513. The maximum atomic E-state index is 11.9. The van der Waals surface area contributed by atoms with Crippen LogP contribution in [0.4, 0.5) is 0 Å². The van der Waals surface area contributed by atoms with Gasteiger partial charge in [0.2, 0.25) is 5.56 Å². The van der Waals surface area contributed by atoms with Crippen LogP contribution in [0.2, 0.25) is 0 Å². The first-order valence-corrected chi connectivity index (χ1v) is 5.29. The summed E-state index contributed by atoms with van der Waals surface area (Å²) >= 11 is 0. The van der Waals surface area contributed by atoms with E-state index in [0.717, 1.165) is 0 Å². The average Bonchev–Trinajstić information content (AvgIpc) is 2.77. The van der Waals surface area contributed by atoms with E-state index < -0.39 is 11.9 Å². The van der Waals surface area contributed by atoms with Crippen molar-refractivity contribution < 1.29 is 14.7 Å². The molecule has 6 heteroatoms. The fourth-order valence-corrected chi connectivity index (χ4v) is 1.91. The van der Waals surface area contributed by atoms with Crippen LogP contribution in [0.3, 0.4) is 0 Å². The topological polar surface area (TPSA) is 90.5 Å². The van der Waals surface area contributed by atoms with E-state index >= 15 is 0 Å². The Bertz CT molecular complexity index is 508. The molecule has 2 rings (SSSR count). The van der Waals surface area contributed by atoms with Crippen LogP contribution >= 0.6 is 0 Å². The molecule has 2 N–H and O–H groups in total. The van der Waals surface area contributed by atoms with Crippen LogP contribution in [-0.4, -0.2) is 40.0 Å². The summed E-state index contributed by atoms with van der Waals surface area (Å²) in [4.78, 5) is 37.7. The van der Waals surface area contributed by atoms with Gasteiger partial charge in [0, 0.05) is 30.9 Å². The molecule has 2 heterocycles. The first-order valence-electron chi connectivity index (χ1n) is 5.29. The van der Waals surface area contributed by atoms with Crippen LogP contribution in [0.15, 0.2) is 23.1 Å². The first-order chi connectivity index (χ1) is 8.08. The van der Waals surface area contributed by atoms with E-state index in [1.165, 1.54) is 23.2 Å². The van der Waals surface area contributed by atoms with Gasteiger partial charge in [0.25, 0.3) is 5.91 Å². The molecule has 0 saturated carbocycles. The number of carbonyl (C=O) groups is 2. The minimum atomic E-state index is -0.883. The summed E-state index contributed by atoms with van der Waals surface area (Å²) in [5, 5.41) is 8.83. The molecule has 0 bridgehead atoms. The van der Waals surface area contributed by atoms with Gasteiger partial charge >= 0.3 is 5.97 Å². The fraction of sp³-hybridized carbons (Fsp3) is 0.364. The number of amides is 1. The Balaban J connectivity index is 2.12. The highest BCUT2D eigenvalue weighted by Gasteiger charge is 2.31. The quantitative estimate of drug-likeness (QED) is 0.751. The molecule has 0 radical (unpaired) electrons. The lowest BCUT2D eigenvalue weighted by Gasteiger charge is -2.15. The van der Waals surface area contributed by atoms with Crippen molar-refractivity contribution in [1.29, 1.82) is 0 Å². The minimum Gasteiger partial charge on any atom is -0.481 e. The molecule has 1 amide bonds. The number of aliphatic carboxylic acids is 1. The summed E-state index contributed by atoms with van der Waals surface area (Å²) in [7, 11) is 0. The van der Waals surface area contributed by atoms with Gasteiger partial charge in [-0.05, 0) is 12.5 Å². The highest BCUT2D eigenvalue weighted by atomic mass is 16.4. The van der Waals surface area contributed by atoms with Gasteiger partial charge in [0.1, 0.15) is 0 Å². The Morgan fingerprint density at radius 1 is 1.47 bits per heavy atom. The fourth-order valence-electron chi connectivity index (χ4n) is 1.91. The van der Waals surface area contributed by atoms with Crippen molar-refractivity contribution >= 4 is 11.9 Å². The van der Waals surface area contributed by atoms with Crippen molar-refractivity contribution in [2.45, 2.75) is 6.42 Å². The van der Waals surface area contributed by atoms with Gasteiger partial charge in [-0.3, -0.25) is 14.4 Å². The number of carbonyl (C=O) groups excluding carboxylic acids is 1. The predicted molar refractivity (Wildman–Crippen MR) is 58.7 cm³/mol. The van der Waals surface area contributed by atoms with Crippen LogP contribution in [0, 0.1) is 5.92 Å². The molecule has 1 aromatic heterocycles. The van der Waals surface area contributed by atoms with E-state index in [9.17, 15) is 14.4 Å². The lowest BCUT2D eigenvalue weighted by Crippen LogP contribution is -2.30. The number of aromatic nitrogens is 1. The van der Waals surface area contributed by atoms with E-state index in [2.05, 4.69) is 4.98 Å². The van der Waals surface area contributed by atoms with Crippen molar-refractivity contribution in [2.24, 2.45) is 5.92 Å². The number of likely N-dealkylation sites (tertiary alicyclic amines) is 1. The Morgan fingerprint density at radius 3 is 2.82 bits per heavy atom. The molecule has 1 aliphatic rings. The van der Waals surface area contributed by atoms with Crippen LogP contribution < -0.4 is 5.56 Å². The number of carboxylic acid groups (broad SMARTS) is 1. The molecule has 1 saturated heterocycles. The minimum absolute atomic E-state index is 0.209. The number of carboxylic acids is 1. The SMILES string of the molecule is O=C(O)C1CCN(C(=O)c2cc[nH]c(=O)c2)C1. The smallest absolute Gasteiger partial charge is 0.308 e. The lowest BCUT2D eigenvalue weighted by molar-refractivity contribution is -0.141. The van der Waals surface area contributed by atoms with Crippen LogP contribution in [-0.2, 0) is 4.79 Å². The van der Waals surface area contributed by atoms with Crippen LogP contribution in [0.1, 0.15) is 16.8 Å². The van der Waals surface area contributed by atoms with E-state index in [4.69, 9.17) is 5.11 Å². The van der Waals surface area contributed by atoms with Gasteiger partial charge in [0.15, 0.2) is 0 Å². The van der Waals surface area contributed by atoms with E-state index in [1.807, 2.05) is 0 Å². The lowest BCUT2D eigenvalue weighted by atomic mass is 10.1. The molecule has 1 aliphatic heterocycles. The van der Waals surface area contributed by atoms with Crippen LogP contribution in [0.25, 0.3) is 0 Å². The highest BCUT2D eigenvalue weighted by Crippen LogP contribution is 2.18. The summed E-state index contributed by atoms with van der Waals surface area (Å²) < 4.78 is 0. The maximum Gasteiger partial charge on any atom is 0.308 e. The number of nitrogens with one attached hydrogen (secondary N) is 1. The van der Waals surface area contributed by atoms with Gasteiger partial charge in [-0.2, -0.15) is 0 Å². The Labute approximate surface area is 96.9 Å². The van der Waals surface area contributed by atoms with E-state index in [1.54, 1.807) is 0 Å². The molecule has 1 aromatic rings. The zero-order chi connectivity index (χ0) is 12.4. The molecular weight excluding hydrogens is 224 g/mol. The summed E-state index contributed by atoms with van der Waals surface area (Å²) in [6, 6.07) is 2.73. The molecular formula is C11H12N2O4. The standard InChI is InChI=1S/C11H12N2O4/c14-9-5-7(1-3-12-9)10(15)13-4-2-8(6-13)11(16)17/h1,3,5,8H,2,4,6H2,(H,12,14)(H,16,17). The molecule has 0 spiro atoms. The van der Waals surface area contributed by atoms with Crippen molar-refractivity contribution in [2.75, 3.05) is 13.1 Å². The summed E-state index contributed by atoms with van der Waals surface area (Å²) in [6.45, 7) is 0.629. The number of hydrogen-bond acceptors (Lipinski definition) is 3. The second-order valence-electron chi connectivity index (χ2n) is 4.02. The molecule has 1 atom stereocenters. The Morgan fingerprint density at radius 2 is 2.24 bits per heavy atom. The number of hydrogen-bond donors (Lipinski definition) is 2. The molecule has 0 aromatic carbocycles. The van der Waals surface area contributed by atoms with Gasteiger partial charge < -0.3 is 15.0 Å². The number of nitrogens with zero attached hydrogens (tertiary/aromatic N) is 1. The normalized spacial score (nSPS) is 19.3. The molecule has 6 nitrogen and oxygen atoms in total. The second-order valence-corrected chi connectivity index (χ2v) is 4.02. The first kappa shape index (κ1) is 11.4. The number of rotatable bonds is 2. The van der Waals surface area contributed by atoms with E-state index in [-0.39, 0.29) is 18.0 Å². The highest BCUT2D eigenvalue weighted by molar-refractivity contribution is 5.94. The van der Waals surface area contributed by atoms with Crippen molar-refractivity contribution in [3.05, 3.63) is 34.2 Å². The second kappa shape index (κ2) is 4.40. The third-order valence-electron chi connectivity index (χ3n) is 2.85. The van der Waals surface area contributed by atoms with Crippen LogP contribution in [0.5, 0.6) is 0 Å². The number of H-pyrrole nitrogens is 1. The molecule has 1 fully saturated rings. The van der Waals surface area contributed by atoms with Gasteiger partial charge in [0.05, 0.1) is 5.92 Å². The zero-order valence-corrected chi connectivity index (χ0v) is 9.05.